The number of rotatable bonds is 4. The molecule has 0 saturated heterocycles. The first-order valence-electron chi connectivity index (χ1n) is 4.68. The van der Waals surface area contributed by atoms with E-state index in [1.807, 2.05) is 13.8 Å². The third-order valence-electron chi connectivity index (χ3n) is 1.63. The highest BCUT2D eigenvalue weighted by molar-refractivity contribution is 7.99. The Hall–Kier alpha value is -1.44. The topological polar surface area (TPSA) is 80.9 Å². The normalized spacial score (nSPS) is 10.8. The second-order valence-electron chi connectivity index (χ2n) is 2.68. The van der Waals surface area contributed by atoms with Gasteiger partial charge in [0.25, 0.3) is 11.7 Å². The zero-order valence-corrected chi connectivity index (χ0v) is 9.32. The Morgan fingerprint density at radius 2 is 2.00 bits per heavy atom. The lowest BCUT2D eigenvalue weighted by atomic mass is 10.7. The van der Waals surface area contributed by atoms with Crippen LogP contribution < -0.4 is 5.32 Å². The molecule has 2 aromatic rings. The van der Waals surface area contributed by atoms with Gasteiger partial charge in [-0.15, -0.1) is 25.5 Å². The van der Waals surface area contributed by atoms with Crippen LogP contribution in [0.1, 0.15) is 13.8 Å². The van der Waals surface area contributed by atoms with Crippen molar-refractivity contribution in [2.75, 3.05) is 17.6 Å². The molecule has 2 heterocycles. The molecule has 15 heavy (non-hydrogen) atoms. The third-order valence-corrected chi connectivity index (χ3v) is 2.43. The van der Waals surface area contributed by atoms with Crippen LogP contribution in [0, 0.1) is 0 Å². The van der Waals surface area contributed by atoms with Crippen molar-refractivity contribution >= 4 is 23.5 Å². The molecular weight excluding hydrogens is 214 g/mol. The molecular formula is C7H11N7S. The number of hydrogen-bond donors (Lipinski definition) is 1. The molecule has 0 atom stereocenters. The molecule has 0 unspecified atom stereocenters. The van der Waals surface area contributed by atoms with Gasteiger partial charge in [0, 0.05) is 6.54 Å². The minimum atomic E-state index is 0.424. The molecule has 0 bridgehead atoms. The Morgan fingerprint density at radius 3 is 2.73 bits per heavy atom. The first kappa shape index (κ1) is 10.1. The first-order chi connectivity index (χ1) is 7.35. The summed E-state index contributed by atoms with van der Waals surface area (Å²) < 4.78 is 1.60. The van der Waals surface area contributed by atoms with Gasteiger partial charge in [-0.2, -0.15) is 4.52 Å². The number of thioether (sulfide) groups is 1. The van der Waals surface area contributed by atoms with Crippen LogP contribution in [0.5, 0.6) is 0 Å². The van der Waals surface area contributed by atoms with Gasteiger partial charge in [0.05, 0.1) is 0 Å². The summed E-state index contributed by atoms with van der Waals surface area (Å²) in [5.41, 5.74) is 0. The fraction of sp³-hybridized carbons (Fsp3) is 0.571. The summed E-state index contributed by atoms with van der Waals surface area (Å²) in [4.78, 5) is 0. The Labute approximate surface area is 90.7 Å². The summed E-state index contributed by atoms with van der Waals surface area (Å²) >= 11 is 1.57. The molecule has 0 amide bonds. The fourth-order valence-corrected chi connectivity index (χ4v) is 1.66. The van der Waals surface area contributed by atoms with Crippen molar-refractivity contribution in [2.24, 2.45) is 0 Å². The van der Waals surface area contributed by atoms with E-state index in [1.165, 1.54) is 0 Å². The number of nitrogens with zero attached hydrogens (tertiary/aromatic N) is 6. The van der Waals surface area contributed by atoms with E-state index in [4.69, 9.17) is 0 Å². The zero-order valence-electron chi connectivity index (χ0n) is 8.51. The minimum Gasteiger partial charge on any atom is -0.352 e. The first-order valence-corrected chi connectivity index (χ1v) is 5.66. The van der Waals surface area contributed by atoms with E-state index >= 15 is 0 Å². The monoisotopic (exact) mass is 225 g/mol. The van der Waals surface area contributed by atoms with Crippen LogP contribution in [0.2, 0.25) is 0 Å². The molecule has 80 valence electrons. The van der Waals surface area contributed by atoms with Gasteiger partial charge in [-0.3, -0.25) is 0 Å². The predicted molar refractivity (Wildman–Crippen MR) is 56.9 cm³/mol. The number of hydrogen-bond acceptors (Lipinski definition) is 7. The van der Waals surface area contributed by atoms with Gasteiger partial charge in [-0.1, -0.05) is 18.7 Å². The van der Waals surface area contributed by atoms with Gasteiger partial charge in [0.1, 0.15) is 0 Å². The van der Waals surface area contributed by atoms with Crippen molar-refractivity contribution in [3.8, 4) is 0 Å². The highest BCUT2D eigenvalue weighted by Crippen LogP contribution is 2.13. The molecule has 8 heteroatoms. The predicted octanol–water partition coefficient (Wildman–Crippen LogP) is 0.458. The average molecular weight is 225 g/mol. The van der Waals surface area contributed by atoms with Gasteiger partial charge in [-0.05, 0) is 12.7 Å². The molecule has 0 fully saturated rings. The summed E-state index contributed by atoms with van der Waals surface area (Å²) in [6, 6.07) is 0. The van der Waals surface area contributed by atoms with Crippen molar-refractivity contribution < 1.29 is 0 Å². The van der Waals surface area contributed by atoms with Crippen molar-refractivity contribution in [3.05, 3.63) is 0 Å². The van der Waals surface area contributed by atoms with Crippen LogP contribution in [0.15, 0.2) is 5.16 Å². The highest BCUT2D eigenvalue weighted by atomic mass is 32.2. The SMILES string of the molecule is CCNc1nnc2nnc(SCC)n2n1. The number of fused-ring (bicyclic) bond motifs is 1. The van der Waals surface area contributed by atoms with E-state index in [9.17, 15) is 0 Å². The quantitative estimate of drug-likeness (QED) is 0.757. The van der Waals surface area contributed by atoms with Crippen LogP contribution >= 0.6 is 11.8 Å². The standard InChI is InChI=1S/C7H11N7S/c1-3-8-5-9-10-6-11-12-7(15-4-2)14(6)13-5/h3-4H2,1-2H3,(H,8,13). The van der Waals surface area contributed by atoms with E-state index in [0.29, 0.717) is 11.7 Å². The smallest absolute Gasteiger partial charge is 0.291 e. The van der Waals surface area contributed by atoms with E-state index in [2.05, 4.69) is 30.8 Å². The van der Waals surface area contributed by atoms with Crippen LogP contribution in [-0.2, 0) is 0 Å². The zero-order chi connectivity index (χ0) is 10.7. The van der Waals surface area contributed by atoms with Crippen molar-refractivity contribution in [1.29, 1.82) is 0 Å². The van der Waals surface area contributed by atoms with Gasteiger partial charge in [-0.25, -0.2) is 0 Å². The molecule has 1 N–H and O–H groups in total. The maximum absolute atomic E-state index is 4.23. The minimum absolute atomic E-state index is 0.424. The molecule has 0 aromatic carbocycles. The van der Waals surface area contributed by atoms with E-state index < -0.39 is 0 Å². The van der Waals surface area contributed by atoms with Crippen molar-refractivity contribution in [1.82, 2.24) is 30.0 Å². The molecule has 0 aliphatic heterocycles. The molecule has 0 saturated carbocycles. The average Bonchev–Trinajstić information content (AvgIpc) is 2.63. The van der Waals surface area contributed by atoms with Gasteiger partial charge in [0.15, 0.2) is 0 Å². The molecule has 2 aromatic heterocycles. The maximum atomic E-state index is 4.23. The Bertz CT molecular complexity index is 454. The number of nitrogens with one attached hydrogen (secondary N) is 1. The summed E-state index contributed by atoms with van der Waals surface area (Å²) in [5, 5.41) is 23.6. The van der Waals surface area contributed by atoms with E-state index in [-0.39, 0.29) is 0 Å². The fourth-order valence-electron chi connectivity index (χ4n) is 1.06. The summed E-state index contributed by atoms with van der Waals surface area (Å²) in [5.74, 6) is 1.83. The van der Waals surface area contributed by atoms with Crippen LogP contribution in [-0.4, -0.2) is 42.3 Å². The molecule has 2 rings (SSSR count). The summed E-state index contributed by atoms with van der Waals surface area (Å²) in [6.07, 6.45) is 0. The summed E-state index contributed by atoms with van der Waals surface area (Å²) in [6.45, 7) is 4.78. The van der Waals surface area contributed by atoms with Crippen LogP contribution in [0.4, 0.5) is 5.95 Å². The molecule has 0 aliphatic carbocycles. The lowest BCUT2D eigenvalue weighted by molar-refractivity contribution is 0.764. The highest BCUT2D eigenvalue weighted by Gasteiger charge is 2.08. The molecule has 0 spiro atoms. The van der Waals surface area contributed by atoms with E-state index in [0.717, 1.165) is 17.5 Å². The van der Waals surface area contributed by atoms with Crippen LogP contribution in [0.25, 0.3) is 5.78 Å². The van der Waals surface area contributed by atoms with Crippen LogP contribution in [0.3, 0.4) is 0 Å². The molecule has 7 nitrogen and oxygen atoms in total. The molecule has 0 radical (unpaired) electrons. The lowest BCUT2D eigenvalue weighted by Crippen LogP contribution is -2.08. The number of anilines is 1. The Kier molecular flexibility index (Phi) is 2.95. The second kappa shape index (κ2) is 4.39. The van der Waals surface area contributed by atoms with Crippen molar-refractivity contribution in [2.45, 2.75) is 19.0 Å². The maximum Gasteiger partial charge on any atom is 0.291 e. The van der Waals surface area contributed by atoms with Gasteiger partial charge in [0.2, 0.25) is 5.16 Å². The van der Waals surface area contributed by atoms with E-state index in [1.54, 1.807) is 16.3 Å². The third kappa shape index (κ3) is 1.99. The lowest BCUT2D eigenvalue weighted by Gasteiger charge is -2.00. The Balaban J connectivity index is 2.42. The van der Waals surface area contributed by atoms with Gasteiger partial charge >= 0.3 is 0 Å². The Morgan fingerprint density at radius 1 is 1.20 bits per heavy atom. The second-order valence-corrected chi connectivity index (χ2v) is 3.91. The number of aromatic nitrogens is 6. The largest absolute Gasteiger partial charge is 0.352 e. The van der Waals surface area contributed by atoms with Crippen molar-refractivity contribution in [3.63, 3.8) is 0 Å². The molecule has 0 aliphatic rings. The summed E-state index contributed by atoms with van der Waals surface area (Å²) in [7, 11) is 0. The van der Waals surface area contributed by atoms with Gasteiger partial charge < -0.3 is 5.32 Å².